The zero-order valence-electron chi connectivity index (χ0n) is 11.3. The summed E-state index contributed by atoms with van der Waals surface area (Å²) in [5.74, 6) is 0. The van der Waals surface area contributed by atoms with Crippen LogP contribution in [0.25, 0.3) is 0 Å². The highest BCUT2D eigenvalue weighted by Gasteiger charge is 2.24. The molecule has 108 valence electrons. The van der Waals surface area contributed by atoms with Gasteiger partial charge in [0.25, 0.3) is 10.0 Å². The summed E-state index contributed by atoms with van der Waals surface area (Å²) in [6.07, 6.45) is 0. The van der Waals surface area contributed by atoms with E-state index in [0.717, 1.165) is 0 Å². The van der Waals surface area contributed by atoms with Crippen molar-refractivity contribution in [1.29, 1.82) is 0 Å². The summed E-state index contributed by atoms with van der Waals surface area (Å²) in [5.41, 5.74) is 7.28. The molecule has 0 aliphatic carbocycles. The van der Waals surface area contributed by atoms with Crippen LogP contribution in [-0.2, 0) is 17.1 Å². The average molecular weight is 315 g/mol. The standard InChI is InChI=1S/C12H15ClN4O2S/c1-7-12(8(2)17(3)15-7)20(18,19)16-11-6-9(13)4-5-10(11)14/h4-6,16H,14H2,1-3H3. The Morgan fingerprint density at radius 3 is 2.55 bits per heavy atom. The molecule has 0 spiro atoms. The highest BCUT2D eigenvalue weighted by atomic mass is 35.5. The molecule has 0 saturated carbocycles. The normalized spacial score (nSPS) is 11.6. The fourth-order valence-corrected chi connectivity index (χ4v) is 3.65. The Kier molecular flexibility index (Phi) is 3.66. The molecule has 2 aromatic rings. The first kappa shape index (κ1) is 14.7. The second-order valence-corrected chi connectivity index (χ2v) is 6.52. The van der Waals surface area contributed by atoms with Crippen molar-refractivity contribution in [3.05, 3.63) is 34.6 Å². The number of benzene rings is 1. The summed E-state index contributed by atoms with van der Waals surface area (Å²) in [5, 5.41) is 4.50. The maximum atomic E-state index is 12.5. The van der Waals surface area contributed by atoms with Crippen molar-refractivity contribution in [3.63, 3.8) is 0 Å². The van der Waals surface area contributed by atoms with Crippen molar-refractivity contribution in [1.82, 2.24) is 9.78 Å². The van der Waals surface area contributed by atoms with Crippen molar-refractivity contribution in [2.45, 2.75) is 18.7 Å². The van der Waals surface area contributed by atoms with Crippen LogP contribution in [0.5, 0.6) is 0 Å². The molecular formula is C12H15ClN4O2S. The number of hydrogen-bond donors (Lipinski definition) is 2. The van der Waals surface area contributed by atoms with E-state index in [1.165, 1.54) is 10.7 Å². The van der Waals surface area contributed by atoms with Gasteiger partial charge in [-0.15, -0.1) is 0 Å². The first-order valence-corrected chi connectivity index (χ1v) is 7.66. The quantitative estimate of drug-likeness (QED) is 0.849. The number of nitrogens with zero attached hydrogens (tertiary/aromatic N) is 2. The van der Waals surface area contributed by atoms with Gasteiger partial charge in [0.05, 0.1) is 22.8 Å². The Bertz CT molecular complexity index is 768. The molecule has 3 N–H and O–H groups in total. The van der Waals surface area contributed by atoms with Gasteiger partial charge in [0.2, 0.25) is 0 Å². The molecule has 2 rings (SSSR count). The lowest BCUT2D eigenvalue weighted by Crippen LogP contribution is -2.16. The minimum Gasteiger partial charge on any atom is -0.397 e. The molecule has 1 aromatic carbocycles. The Morgan fingerprint density at radius 1 is 1.35 bits per heavy atom. The first-order chi connectivity index (χ1) is 9.22. The number of nitrogens with two attached hydrogens (primary N) is 1. The van der Waals surface area contributed by atoms with Gasteiger partial charge in [-0.1, -0.05) is 11.6 Å². The fraction of sp³-hybridized carbons (Fsp3) is 0.250. The number of anilines is 2. The molecule has 0 aliphatic rings. The number of halogens is 1. The number of aryl methyl sites for hydroxylation is 2. The molecule has 0 atom stereocenters. The third-order valence-corrected chi connectivity index (χ3v) is 4.82. The molecule has 0 aliphatic heterocycles. The highest BCUT2D eigenvalue weighted by Crippen LogP contribution is 2.27. The van der Waals surface area contributed by atoms with Gasteiger partial charge in [-0.3, -0.25) is 9.40 Å². The number of sulfonamides is 1. The van der Waals surface area contributed by atoms with Crippen LogP contribution in [0.3, 0.4) is 0 Å². The van der Waals surface area contributed by atoms with E-state index in [4.69, 9.17) is 17.3 Å². The minimum atomic E-state index is -3.77. The number of hydrogen-bond acceptors (Lipinski definition) is 4. The van der Waals surface area contributed by atoms with Crippen LogP contribution < -0.4 is 10.5 Å². The Hall–Kier alpha value is -1.73. The number of nitrogen functional groups attached to an aromatic ring is 1. The predicted molar refractivity (Wildman–Crippen MR) is 79.4 cm³/mol. The summed E-state index contributed by atoms with van der Waals surface area (Å²) < 4.78 is 28.9. The van der Waals surface area contributed by atoms with Crippen molar-refractivity contribution in [2.75, 3.05) is 10.5 Å². The summed E-state index contributed by atoms with van der Waals surface area (Å²) in [7, 11) is -2.08. The van der Waals surface area contributed by atoms with Crippen molar-refractivity contribution < 1.29 is 8.42 Å². The van der Waals surface area contributed by atoms with Crippen molar-refractivity contribution >= 4 is 33.0 Å². The SMILES string of the molecule is Cc1nn(C)c(C)c1S(=O)(=O)Nc1cc(Cl)ccc1N. The molecule has 0 fully saturated rings. The van der Waals surface area contributed by atoms with Gasteiger partial charge < -0.3 is 5.73 Å². The van der Waals surface area contributed by atoms with E-state index in [1.807, 2.05) is 0 Å². The van der Waals surface area contributed by atoms with Crippen LogP contribution in [0.15, 0.2) is 23.1 Å². The van der Waals surface area contributed by atoms with E-state index in [2.05, 4.69) is 9.82 Å². The minimum absolute atomic E-state index is 0.152. The Balaban J connectivity index is 2.49. The molecule has 8 heteroatoms. The topological polar surface area (TPSA) is 90.0 Å². The van der Waals surface area contributed by atoms with E-state index in [-0.39, 0.29) is 10.6 Å². The lowest BCUT2D eigenvalue weighted by Gasteiger charge is -2.11. The van der Waals surface area contributed by atoms with Gasteiger partial charge in [-0.2, -0.15) is 5.10 Å². The van der Waals surface area contributed by atoms with Crippen LogP contribution in [0.1, 0.15) is 11.4 Å². The maximum absolute atomic E-state index is 12.5. The summed E-state index contributed by atoms with van der Waals surface area (Å²) in [6.45, 7) is 3.33. The second kappa shape index (κ2) is 4.99. The summed E-state index contributed by atoms with van der Waals surface area (Å²) >= 11 is 5.85. The van der Waals surface area contributed by atoms with E-state index in [1.54, 1.807) is 33.0 Å². The van der Waals surface area contributed by atoms with E-state index >= 15 is 0 Å². The van der Waals surface area contributed by atoms with E-state index in [9.17, 15) is 8.42 Å². The lowest BCUT2D eigenvalue weighted by atomic mass is 10.3. The van der Waals surface area contributed by atoms with Gasteiger partial charge >= 0.3 is 0 Å². The predicted octanol–water partition coefficient (Wildman–Crippen LogP) is 2.07. The molecule has 6 nitrogen and oxygen atoms in total. The van der Waals surface area contributed by atoms with Gasteiger partial charge in [0, 0.05) is 12.1 Å². The van der Waals surface area contributed by atoms with Crippen LogP contribution in [0, 0.1) is 13.8 Å². The second-order valence-electron chi connectivity index (χ2n) is 4.46. The molecule has 0 amide bonds. The Morgan fingerprint density at radius 2 is 2.00 bits per heavy atom. The Labute approximate surface area is 122 Å². The van der Waals surface area contributed by atoms with E-state index in [0.29, 0.717) is 22.1 Å². The smallest absolute Gasteiger partial charge is 0.265 e. The molecular weight excluding hydrogens is 300 g/mol. The van der Waals surface area contributed by atoms with Crippen molar-refractivity contribution in [3.8, 4) is 0 Å². The van der Waals surface area contributed by atoms with Crippen molar-refractivity contribution in [2.24, 2.45) is 7.05 Å². The zero-order chi connectivity index (χ0) is 15.1. The molecule has 0 saturated heterocycles. The van der Waals surface area contributed by atoms with Crippen LogP contribution in [-0.4, -0.2) is 18.2 Å². The van der Waals surface area contributed by atoms with Gasteiger partial charge in [-0.25, -0.2) is 8.42 Å². The summed E-state index contributed by atoms with van der Waals surface area (Å²) in [6, 6.07) is 4.61. The van der Waals surface area contributed by atoms with Gasteiger partial charge in [-0.05, 0) is 32.0 Å². The molecule has 0 radical (unpaired) electrons. The molecule has 0 unspecified atom stereocenters. The molecule has 1 heterocycles. The number of nitrogens with one attached hydrogen (secondary N) is 1. The molecule has 20 heavy (non-hydrogen) atoms. The molecule has 0 bridgehead atoms. The van der Waals surface area contributed by atoms with Crippen LogP contribution in [0.4, 0.5) is 11.4 Å². The largest absolute Gasteiger partial charge is 0.397 e. The van der Waals surface area contributed by atoms with Gasteiger partial charge in [0.1, 0.15) is 4.90 Å². The monoisotopic (exact) mass is 314 g/mol. The lowest BCUT2D eigenvalue weighted by molar-refractivity contribution is 0.599. The summed E-state index contributed by atoms with van der Waals surface area (Å²) in [4.78, 5) is 0.152. The maximum Gasteiger partial charge on any atom is 0.265 e. The fourth-order valence-electron chi connectivity index (χ4n) is 1.96. The molecule has 1 aromatic heterocycles. The van der Waals surface area contributed by atoms with Gasteiger partial charge in [0.15, 0.2) is 0 Å². The first-order valence-electron chi connectivity index (χ1n) is 5.80. The van der Waals surface area contributed by atoms with Crippen LogP contribution >= 0.6 is 11.6 Å². The average Bonchev–Trinajstić information content (AvgIpc) is 2.58. The number of rotatable bonds is 3. The third-order valence-electron chi connectivity index (χ3n) is 2.97. The van der Waals surface area contributed by atoms with Crippen LogP contribution in [0.2, 0.25) is 5.02 Å². The van der Waals surface area contributed by atoms with E-state index < -0.39 is 10.0 Å². The number of aromatic nitrogens is 2. The zero-order valence-corrected chi connectivity index (χ0v) is 12.9. The third kappa shape index (κ3) is 2.59. The highest BCUT2D eigenvalue weighted by molar-refractivity contribution is 7.92.